The highest BCUT2D eigenvalue weighted by Gasteiger charge is 2.26. The second-order valence-corrected chi connectivity index (χ2v) is 7.39. The second-order valence-electron chi connectivity index (χ2n) is 6.48. The highest BCUT2D eigenvalue weighted by Crippen LogP contribution is 2.37. The molecule has 2 heterocycles. The van der Waals surface area contributed by atoms with Gasteiger partial charge in [-0.2, -0.15) is 0 Å². The predicted octanol–water partition coefficient (Wildman–Crippen LogP) is 5.99. The number of nitrogens with one attached hydrogen (secondary N) is 1. The molecular formula is C22H15BrFN3. The Labute approximate surface area is 164 Å². The van der Waals surface area contributed by atoms with Crippen molar-refractivity contribution in [3.05, 3.63) is 100 Å². The van der Waals surface area contributed by atoms with E-state index < -0.39 is 0 Å². The summed E-state index contributed by atoms with van der Waals surface area (Å²) in [6, 6.07) is 22.6. The van der Waals surface area contributed by atoms with E-state index in [4.69, 9.17) is 4.98 Å². The maximum absolute atomic E-state index is 14.7. The molecule has 1 N–H and O–H groups in total. The van der Waals surface area contributed by atoms with Crippen LogP contribution in [0.25, 0.3) is 16.7 Å². The molecule has 0 radical (unpaired) electrons. The van der Waals surface area contributed by atoms with Crippen LogP contribution in [0, 0.1) is 5.82 Å². The van der Waals surface area contributed by atoms with Crippen molar-refractivity contribution in [1.82, 2.24) is 9.55 Å². The lowest BCUT2D eigenvalue weighted by Crippen LogP contribution is -2.20. The van der Waals surface area contributed by atoms with E-state index in [-0.39, 0.29) is 11.9 Å². The van der Waals surface area contributed by atoms with Gasteiger partial charge >= 0.3 is 0 Å². The van der Waals surface area contributed by atoms with E-state index in [1.807, 2.05) is 60.7 Å². The minimum Gasteiger partial charge on any atom is -0.325 e. The van der Waals surface area contributed by atoms with Gasteiger partial charge in [-0.15, -0.1) is 0 Å². The van der Waals surface area contributed by atoms with Crippen molar-refractivity contribution in [2.24, 2.45) is 0 Å². The number of anilines is 1. The molecule has 0 fully saturated rings. The smallest absolute Gasteiger partial charge is 0.209 e. The van der Waals surface area contributed by atoms with Gasteiger partial charge < -0.3 is 5.32 Å². The van der Waals surface area contributed by atoms with Crippen molar-refractivity contribution in [3.63, 3.8) is 0 Å². The van der Waals surface area contributed by atoms with Gasteiger partial charge in [-0.3, -0.25) is 4.57 Å². The zero-order valence-corrected chi connectivity index (χ0v) is 15.8. The summed E-state index contributed by atoms with van der Waals surface area (Å²) in [4.78, 5) is 4.73. The Morgan fingerprint density at radius 2 is 1.78 bits per heavy atom. The number of nitrogens with zero attached hydrogens (tertiary/aromatic N) is 2. The number of fused-ring (bicyclic) bond motifs is 3. The Bertz CT molecular complexity index is 1200. The fourth-order valence-corrected chi connectivity index (χ4v) is 3.98. The lowest BCUT2D eigenvalue weighted by atomic mass is 10.0. The molecule has 4 aromatic rings. The van der Waals surface area contributed by atoms with Crippen LogP contribution < -0.4 is 5.32 Å². The van der Waals surface area contributed by atoms with Crippen LogP contribution in [0.3, 0.4) is 0 Å². The Balaban J connectivity index is 1.75. The van der Waals surface area contributed by atoms with E-state index in [1.54, 1.807) is 6.07 Å². The van der Waals surface area contributed by atoms with Gasteiger partial charge in [0.25, 0.3) is 0 Å². The summed E-state index contributed by atoms with van der Waals surface area (Å²) >= 11 is 3.52. The van der Waals surface area contributed by atoms with E-state index >= 15 is 0 Å². The van der Waals surface area contributed by atoms with Gasteiger partial charge in [0.1, 0.15) is 5.82 Å². The van der Waals surface area contributed by atoms with E-state index in [0.717, 1.165) is 26.8 Å². The third-order valence-corrected chi connectivity index (χ3v) is 5.30. The Morgan fingerprint density at radius 3 is 2.63 bits per heavy atom. The summed E-state index contributed by atoms with van der Waals surface area (Å²) in [7, 11) is 0. The van der Waals surface area contributed by atoms with Crippen LogP contribution in [0.4, 0.5) is 10.3 Å². The molecule has 0 bridgehead atoms. The first-order valence-electron chi connectivity index (χ1n) is 8.67. The minimum absolute atomic E-state index is 0.224. The minimum atomic E-state index is -0.288. The Kier molecular flexibility index (Phi) is 3.83. The number of imidazole rings is 1. The lowest BCUT2D eigenvalue weighted by Gasteiger charge is -2.27. The molecule has 0 saturated heterocycles. The molecule has 132 valence electrons. The van der Waals surface area contributed by atoms with Gasteiger partial charge in [-0.25, -0.2) is 9.37 Å². The van der Waals surface area contributed by atoms with Gasteiger partial charge in [-0.1, -0.05) is 58.4 Å². The van der Waals surface area contributed by atoms with Crippen LogP contribution in [0.5, 0.6) is 0 Å². The quantitative estimate of drug-likeness (QED) is 0.432. The molecule has 1 atom stereocenters. The summed E-state index contributed by atoms with van der Waals surface area (Å²) < 4.78 is 17.7. The van der Waals surface area contributed by atoms with Gasteiger partial charge in [0.05, 0.1) is 17.1 Å². The van der Waals surface area contributed by atoms with Crippen LogP contribution in [0.2, 0.25) is 0 Å². The van der Waals surface area contributed by atoms with Crippen LogP contribution >= 0.6 is 15.9 Å². The maximum atomic E-state index is 14.7. The largest absolute Gasteiger partial charge is 0.325 e. The molecule has 5 heteroatoms. The number of allylic oxidation sites excluding steroid dienone is 1. The number of rotatable bonds is 2. The number of hydrogen-bond acceptors (Lipinski definition) is 2. The van der Waals surface area contributed by atoms with E-state index in [0.29, 0.717) is 11.5 Å². The number of benzene rings is 3. The molecule has 0 saturated carbocycles. The Morgan fingerprint density at radius 1 is 0.963 bits per heavy atom. The second kappa shape index (κ2) is 6.35. The van der Waals surface area contributed by atoms with Crippen LogP contribution in [0.15, 0.2) is 83.3 Å². The molecular weight excluding hydrogens is 405 g/mol. The van der Waals surface area contributed by atoms with E-state index in [2.05, 4.69) is 31.9 Å². The van der Waals surface area contributed by atoms with Crippen molar-refractivity contribution in [2.75, 3.05) is 5.32 Å². The van der Waals surface area contributed by atoms with Crippen molar-refractivity contribution in [1.29, 1.82) is 0 Å². The molecule has 0 unspecified atom stereocenters. The summed E-state index contributed by atoms with van der Waals surface area (Å²) in [5, 5.41) is 3.42. The molecule has 1 aromatic heterocycles. The zero-order chi connectivity index (χ0) is 18.4. The van der Waals surface area contributed by atoms with Crippen molar-refractivity contribution in [3.8, 4) is 0 Å². The van der Waals surface area contributed by atoms with Gasteiger partial charge in [-0.05, 0) is 42.0 Å². The fourth-order valence-electron chi connectivity index (χ4n) is 3.58. The summed E-state index contributed by atoms with van der Waals surface area (Å²) in [5.74, 6) is 0.486. The number of halogens is 2. The third-order valence-electron chi connectivity index (χ3n) is 4.80. The highest BCUT2D eigenvalue weighted by atomic mass is 79.9. The SMILES string of the molecule is Fc1ccccc1[C@H]1C=C(c2cccc(Br)c2)Nc2nc3ccccc3n21. The predicted molar refractivity (Wildman–Crippen MR) is 110 cm³/mol. The zero-order valence-electron chi connectivity index (χ0n) is 14.2. The highest BCUT2D eigenvalue weighted by molar-refractivity contribution is 9.10. The number of aromatic nitrogens is 2. The first-order chi connectivity index (χ1) is 13.2. The van der Waals surface area contributed by atoms with Gasteiger partial charge in [0.2, 0.25) is 5.95 Å². The molecule has 0 amide bonds. The van der Waals surface area contributed by atoms with Crippen LogP contribution in [-0.4, -0.2) is 9.55 Å². The van der Waals surface area contributed by atoms with Crippen molar-refractivity contribution < 1.29 is 4.39 Å². The topological polar surface area (TPSA) is 29.9 Å². The molecule has 0 aliphatic carbocycles. The Hall–Kier alpha value is -2.92. The van der Waals surface area contributed by atoms with Crippen molar-refractivity contribution in [2.45, 2.75) is 6.04 Å². The van der Waals surface area contributed by atoms with Gasteiger partial charge in [0.15, 0.2) is 0 Å². The monoisotopic (exact) mass is 419 g/mol. The molecule has 1 aliphatic heterocycles. The van der Waals surface area contributed by atoms with Crippen molar-refractivity contribution >= 4 is 38.6 Å². The van der Waals surface area contributed by atoms with E-state index in [1.165, 1.54) is 6.07 Å². The van der Waals surface area contributed by atoms with Crippen LogP contribution in [0.1, 0.15) is 17.2 Å². The maximum Gasteiger partial charge on any atom is 0.209 e. The number of para-hydroxylation sites is 2. The standard InChI is InChI=1S/C22H15BrFN3/c23-15-7-5-6-14(12-15)19-13-21(16-8-1-2-9-17(16)24)27-20-11-4-3-10-18(20)25-22(27)26-19/h1-13,21H,(H,25,26)/t21-/m1/s1. The summed E-state index contributed by atoms with van der Waals surface area (Å²) in [5.41, 5.74) is 4.40. The van der Waals surface area contributed by atoms with Crippen LogP contribution in [-0.2, 0) is 0 Å². The fraction of sp³-hybridized carbons (Fsp3) is 0.0455. The molecule has 27 heavy (non-hydrogen) atoms. The molecule has 5 rings (SSSR count). The first-order valence-corrected chi connectivity index (χ1v) is 9.46. The molecule has 0 spiro atoms. The normalized spacial score (nSPS) is 15.9. The average molecular weight is 420 g/mol. The number of hydrogen-bond donors (Lipinski definition) is 1. The van der Waals surface area contributed by atoms with E-state index in [9.17, 15) is 4.39 Å². The molecule has 1 aliphatic rings. The molecule has 3 nitrogen and oxygen atoms in total. The molecule has 3 aromatic carbocycles. The average Bonchev–Trinajstić information content (AvgIpc) is 3.06. The summed E-state index contributed by atoms with van der Waals surface area (Å²) in [6.45, 7) is 0. The lowest BCUT2D eigenvalue weighted by molar-refractivity contribution is 0.583. The first kappa shape index (κ1) is 16.3. The van der Waals surface area contributed by atoms with Gasteiger partial charge in [0, 0.05) is 15.7 Å². The third kappa shape index (κ3) is 2.75. The summed E-state index contributed by atoms with van der Waals surface area (Å²) in [6.07, 6.45) is 2.06.